The molecule has 4 aliphatic heterocycles. The summed E-state index contributed by atoms with van der Waals surface area (Å²) in [6, 6.07) is 0. The van der Waals surface area contributed by atoms with Crippen LogP contribution in [0.3, 0.4) is 0 Å². The zero-order chi connectivity index (χ0) is 6.55. The van der Waals surface area contributed by atoms with Gasteiger partial charge in [-0.15, -0.1) is 0 Å². The Morgan fingerprint density at radius 1 is 0.455 bits per heavy atom. The number of nitrogens with zero attached hydrogens (tertiary/aromatic N) is 4. The van der Waals surface area contributed by atoms with Gasteiger partial charge in [-0.3, -0.25) is 19.6 Å². The smallest absolute Gasteiger partial charge is 0.264 e. The van der Waals surface area contributed by atoms with E-state index in [2.05, 4.69) is 19.6 Å². The van der Waals surface area contributed by atoms with Gasteiger partial charge in [0, 0.05) is 0 Å². The van der Waals surface area contributed by atoms with E-state index in [1.54, 1.807) is 0 Å². The molecule has 56 valence electrons. The van der Waals surface area contributed by atoms with Gasteiger partial charge in [-0.2, -0.15) is 0 Å². The molecule has 0 spiro atoms. The van der Waals surface area contributed by atoms with Crippen LogP contribution in [0.5, 0.6) is 0 Å². The normalized spacial score (nSPS) is 52.4. The average Bonchev–Trinajstić information content (AvgIpc) is 1.82. The third-order valence-electron chi connectivity index (χ3n) is 2.40. The summed E-state index contributed by atoms with van der Waals surface area (Å²) in [5.74, 6) is 0. The maximum atomic E-state index is 2.47. The molecule has 4 heterocycles. The first-order valence-corrected chi connectivity index (χ1v) is 3.79. The van der Waals surface area contributed by atoms with Gasteiger partial charge in [0.2, 0.25) is 0 Å². The minimum Gasteiger partial charge on any atom is -0.264 e. The standard InChI is InChI=1S/C6H12N4.Al/c1-7-2-9-4-8(1)5-10(3-7)6-9;/h1-6H2;/q;+3. The molecule has 4 saturated heterocycles. The maximum Gasteiger partial charge on any atom is 3.00 e. The largest absolute Gasteiger partial charge is 3.00 e. The van der Waals surface area contributed by atoms with E-state index in [0.29, 0.717) is 0 Å². The van der Waals surface area contributed by atoms with Crippen LogP contribution in [0.4, 0.5) is 0 Å². The molecule has 0 aromatic carbocycles. The van der Waals surface area contributed by atoms with Gasteiger partial charge in [-0.25, -0.2) is 0 Å². The van der Waals surface area contributed by atoms with Crippen molar-refractivity contribution < 1.29 is 0 Å². The van der Waals surface area contributed by atoms with Crippen molar-refractivity contribution >= 4 is 17.4 Å². The van der Waals surface area contributed by atoms with E-state index in [-0.39, 0.29) is 17.4 Å². The summed E-state index contributed by atoms with van der Waals surface area (Å²) in [5.41, 5.74) is 0. The quantitative estimate of drug-likeness (QED) is 0.411. The van der Waals surface area contributed by atoms with Crippen LogP contribution in [-0.2, 0) is 0 Å². The minimum absolute atomic E-state index is 0. The van der Waals surface area contributed by atoms with E-state index in [9.17, 15) is 0 Å². The van der Waals surface area contributed by atoms with E-state index in [4.69, 9.17) is 0 Å². The molecule has 4 rings (SSSR count). The van der Waals surface area contributed by atoms with E-state index < -0.39 is 0 Å². The van der Waals surface area contributed by atoms with Gasteiger partial charge in [0.1, 0.15) is 0 Å². The van der Waals surface area contributed by atoms with Crippen LogP contribution < -0.4 is 0 Å². The monoisotopic (exact) mass is 167 g/mol. The van der Waals surface area contributed by atoms with Gasteiger partial charge in [0.05, 0.1) is 40.0 Å². The first kappa shape index (κ1) is 7.99. The van der Waals surface area contributed by atoms with Crippen LogP contribution >= 0.6 is 0 Å². The Morgan fingerprint density at radius 3 is 0.818 bits per heavy atom. The third-order valence-corrected chi connectivity index (χ3v) is 2.40. The molecule has 4 bridgehead atoms. The Labute approximate surface area is 77.5 Å². The predicted octanol–water partition coefficient (Wildman–Crippen LogP) is -1.40. The first-order chi connectivity index (χ1) is 4.90. The Bertz CT molecular complexity index is 106. The fourth-order valence-corrected chi connectivity index (χ4v) is 2.23. The van der Waals surface area contributed by atoms with Gasteiger partial charge >= 0.3 is 17.4 Å². The SMILES string of the molecule is C1N2CN3CN1CN(C2)C3.[Al+3]. The summed E-state index contributed by atoms with van der Waals surface area (Å²) in [5, 5.41) is 0. The Morgan fingerprint density at radius 2 is 0.636 bits per heavy atom. The molecule has 4 nitrogen and oxygen atoms in total. The van der Waals surface area contributed by atoms with Crippen molar-refractivity contribution in [3.05, 3.63) is 0 Å². The van der Waals surface area contributed by atoms with Gasteiger partial charge in [0.15, 0.2) is 0 Å². The van der Waals surface area contributed by atoms with Crippen molar-refractivity contribution in [1.29, 1.82) is 0 Å². The van der Waals surface area contributed by atoms with E-state index in [1.165, 1.54) is 40.0 Å². The van der Waals surface area contributed by atoms with E-state index in [0.717, 1.165) is 0 Å². The molecule has 0 unspecified atom stereocenters. The van der Waals surface area contributed by atoms with Crippen LogP contribution in [0.25, 0.3) is 0 Å². The Hall–Kier alpha value is 0.372. The topological polar surface area (TPSA) is 13.0 Å². The molecular weight excluding hydrogens is 155 g/mol. The Kier molecular flexibility index (Phi) is 1.96. The molecule has 4 aliphatic rings. The first-order valence-electron chi connectivity index (χ1n) is 3.79. The number of hydrogen-bond donors (Lipinski definition) is 0. The van der Waals surface area contributed by atoms with Crippen LogP contribution in [-0.4, -0.2) is 77.0 Å². The number of rotatable bonds is 0. The number of hydrogen-bond acceptors (Lipinski definition) is 4. The van der Waals surface area contributed by atoms with Crippen LogP contribution in [0.1, 0.15) is 0 Å². The predicted molar refractivity (Wildman–Crippen MR) is 42.3 cm³/mol. The maximum absolute atomic E-state index is 2.47. The van der Waals surface area contributed by atoms with Crippen molar-refractivity contribution in [2.45, 2.75) is 0 Å². The molecule has 0 aliphatic carbocycles. The summed E-state index contributed by atoms with van der Waals surface area (Å²) in [7, 11) is 0. The second-order valence-corrected chi connectivity index (χ2v) is 3.53. The van der Waals surface area contributed by atoms with Crippen molar-refractivity contribution in [3.63, 3.8) is 0 Å². The van der Waals surface area contributed by atoms with Gasteiger partial charge in [-0.1, -0.05) is 0 Å². The molecule has 0 aromatic heterocycles. The average molecular weight is 167 g/mol. The molecule has 0 N–H and O–H groups in total. The van der Waals surface area contributed by atoms with Gasteiger partial charge in [-0.05, 0) is 0 Å². The van der Waals surface area contributed by atoms with Crippen LogP contribution in [0.15, 0.2) is 0 Å². The summed E-state index contributed by atoms with van der Waals surface area (Å²) in [4.78, 5) is 9.88. The molecule has 11 heavy (non-hydrogen) atoms. The second-order valence-electron chi connectivity index (χ2n) is 3.53. The third kappa shape index (κ3) is 1.22. The molecule has 5 heteroatoms. The van der Waals surface area contributed by atoms with Crippen LogP contribution in [0.2, 0.25) is 0 Å². The zero-order valence-corrected chi connectivity index (χ0v) is 7.76. The van der Waals surface area contributed by atoms with Crippen molar-refractivity contribution in [2.75, 3.05) is 40.0 Å². The second kappa shape index (κ2) is 2.70. The van der Waals surface area contributed by atoms with Gasteiger partial charge < -0.3 is 0 Å². The van der Waals surface area contributed by atoms with E-state index >= 15 is 0 Å². The summed E-state index contributed by atoms with van der Waals surface area (Å²) in [6.45, 7) is 7.12. The Balaban J connectivity index is 0.000000480. The van der Waals surface area contributed by atoms with Crippen molar-refractivity contribution in [3.8, 4) is 0 Å². The molecule has 0 radical (unpaired) electrons. The van der Waals surface area contributed by atoms with Gasteiger partial charge in [0.25, 0.3) is 0 Å². The summed E-state index contributed by atoms with van der Waals surface area (Å²) in [6.07, 6.45) is 0. The molecular formula is C6H12AlN4+3. The molecule has 0 saturated carbocycles. The van der Waals surface area contributed by atoms with Crippen LogP contribution in [0, 0.1) is 0 Å². The molecule has 0 aromatic rings. The van der Waals surface area contributed by atoms with Crippen molar-refractivity contribution in [1.82, 2.24) is 19.6 Å². The molecule has 4 fully saturated rings. The fourth-order valence-electron chi connectivity index (χ4n) is 2.23. The zero-order valence-electron chi connectivity index (χ0n) is 6.61. The minimum atomic E-state index is 0. The fraction of sp³-hybridized carbons (Fsp3) is 1.00. The summed E-state index contributed by atoms with van der Waals surface area (Å²) < 4.78 is 0. The van der Waals surface area contributed by atoms with Crippen molar-refractivity contribution in [2.24, 2.45) is 0 Å². The molecule has 0 amide bonds. The summed E-state index contributed by atoms with van der Waals surface area (Å²) >= 11 is 0. The molecule has 0 atom stereocenters. The van der Waals surface area contributed by atoms with E-state index in [1.807, 2.05) is 0 Å².